The fourth-order valence-corrected chi connectivity index (χ4v) is 0.850. The Labute approximate surface area is 75.8 Å². The average Bonchev–Trinajstić information content (AvgIpc) is 1.85. The molecule has 0 aromatic carbocycles. The minimum Gasteiger partial charge on any atom is -0.481 e. The molecule has 0 aromatic rings. The van der Waals surface area contributed by atoms with Crippen molar-refractivity contribution in [1.82, 2.24) is 0 Å². The minimum atomic E-state index is -0.758. The van der Waals surface area contributed by atoms with E-state index in [-0.39, 0.29) is 10.9 Å². The van der Waals surface area contributed by atoms with Gasteiger partial charge in [0.2, 0.25) is 0 Å². The molecule has 2 nitrogen and oxygen atoms in total. The van der Waals surface area contributed by atoms with Crippen LogP contribution in [-0.4, -0.2) is 11.1 Å². The highest BCUT2D eigenvalue weighted by atomic mass is 35.5. The zero-order valence-corrected chi connectivity index (χ0v) is 7.53. The van der Waals surface area contributed by atoms with Crippen molar-refractivity contribution in [1.29, 1.82) is 0 Å². The van der Waals surface area contributed by atoms with Crippen LogP contribution in [0.15, 0.2) is 10.6 Å². The molecule has 0 aliphatic rings. The van der Waals surface area contributed by atoms with Crippen molar-refractivity contribution in [3.05, 3.63) is 10.6 Å². The fraction of sp³-hybridized carbons (Fsp3) is 0.571. The van der Waals surface area contributed by atoms with Crippen molar-refractivity contribution in [2.75, 3.05) is 0 Å². The van der Waals surface area contributed by atoms with Gasteiger partial charge in [-0.25, -0.2) is 0 Å². The molecular formula is C7H10Cl2O2. The molecule has 11 heavy (non-hydrogen) atoms. The Kier molecular flexibility index (Phi) is 6.37. The van der Waals surface area contributed by atoms with Crippen molar-refractivity contribution < 1.29 is 9.90 Å². The van der Waals surface area contributed by atoms with Gasteiger partial charge in [0.15, 0.2) is 0 Å². The lowest BCUT2D eigenvalue weighted by atomic mass is 10.2. The van der Waals surface area contributed by atoms with Gasteiger partial charge < -0.3 is 5.11 Å². The van der Waals surface area contributed by atoms with Crippen LogP contribution in [0.25, 0.3) is 0 Å². The molecule has 0 bridgehead atoms. The molecule has 0 atom stereocenters. The zero-order chi connectivity index (χ0) is 8.69. The topological polar surface area (TPSA) is 37.3 Å². The zero-order valence-electron chi connectivity index (χ0n) is 6.02. The maximum absolute atomic E-state index is 10.0. The standard InChI is InChI=1S/C7H10Cl2O2/c8-6(9)4-2-1-3-5-7(10)11/h4H,1-3,5H2,(H,10,11). The van der Waals surface area contributed by atoms with Crippen LogP contribution in [0.1, 0.15) is 25.7 Å². The number of hydrogen-bond acceptors (Lipinski definition) is 1. The number of unbranched alkanes of at least 4 members (excludes halogenated alkanes) is 2. The molecule has 0 aromatic heterocycles. The van der Waals surface area contributed by atoms with Crippen LogP contribution >= 0.6 is 23.2 Å². The quantitative estimate of drug-likeness (QED) is 0.688. The molecule has 0 unspecified atom stereocenters. The molecular weight excluding hydrogens is 187 g/mol. The minimum absolute atomic E-state index is 0.216. The maximum Gasteiger partial charge on any atom is 0.303 e. The number of carboxylic acid groups (broad SMARTS) is 1. The first kappa shape index (κ1) is 10.8. The molecule has 0 heterocycles. The van der Waals surface area contributed by atoms with Crippen molar-refractivity contribution in [2.45, 2.75) is 25.7 Å². The smallest absolute Gasteiger partial charge is 0.303 e. The van der Waals surface area contributed by atoms with Gasteiger partial charge in [-0.1, -0.05) is 29.3 Å². The van der Waals surface area contributed by atoms with E-state index in [0.29, 0.717) is 6.42 Å². The van der Waals surface area contributed by atoms with Gasteiger partial charge in [0.1, 0.15) is 4.49 Å². The molecule has 0 aliphatic heterocycles. The second kappa shape index (κ2) is 6.50. The largest absolute Gasteiger partial charge is 0.481 e. The first-order valence-corrected chi connectivity index (χ1v) is 4.11. The highest BCUT2D eigenvalue weighted by molar-refractivity contribution is 6.55. The van der Waals surface area contributed by atoms with E-state index < -0.39 is 5.97 Å². The van der Waals surface area contributed by atoms with Crippen LogP contribution in [0.2, 0.25) is 0 Å². The number of rotatable bonds is 5. The average molecular weight is 197 g/mol. The van der Waals surface area contributed by atoms with Crippen LogP contribution in [0.3, 0.4) is 0 Å². The summed E-state index contributed by atoms with van der Waals surface area (Å²) in [7, 11) is 0. The molecule has 64 valence electrons. The Morgan fingerprint density at radius 3 is 2.45 bits per heavy atom. The number of halogens is 2. The Hall–Kier alpha value is -0.210. The van der Waals surface area contributed by atoms with Crippen molar-refractivity contribution in [3.63, 3.8) is 0 Å². The lowest BCUT2D eigenvalue weighted by Crippen LogP contribution is -1.92. The summed E-state index contributed by atoms with van der Waals surface area (Å²) >= 11 is 10.7. The summed E-state index contributed by atoms with van der Waals surface area (Å²) in [4.78, 5) is 10.0. The Morgan fingerprint density at radius 2 is 2.00 bits per heavy atom. The summed E-state index contributed by atoms with van der Waals surface area (Å²) in [6, 6.07) is 0. The van der Waals surface area contributed by atoms with Gasteiger partial charge in [0, 0.05) is 6.42 Å². The highest BCUT2D eigenvalue weighted by Crippen LogP contribution is 2.10. The predicted octanol–water partition coefficient (Wildman–Crippen LogP) is 2.95. The molecule has 4 heteroatoms. The molecule has 0 amide bonds. The second-order valence-electron chi connectivity index (χ2n) is 2.13. The molecule has 0 saturated carbocycles. The summed E-state index contributed by atoms with van der Waals surface area (Å²) < 4.78 is 0.250. The summed E-state index contributed by atoms with van der Waals surface area (Å²) in [5, 5.41) is 8.25. The van der Waals surface area contributed by atoms with E-state index in [0.717, 1.165) is 12.8 Å². The van der Waals surface area contributed by atoms with Crippen LogP contribution in [0.4, 0.5) is 0 Å². The van der Waals surface area contributed by atoms with E-state index >= 15 is 0 Å². The maximum atomic E-state index is 10.0. The molecule has 0 spiro atoms. The lowest BCUT2D eigenvalue weighted by molar-refractivity contribution is -0.137. The van der Waals surface area contributed by atoms with E-state index in [9.17, 15) is 4.79 Å². The third-order valence-electron chi connectivity index (χ3n) is 1.14. The van der Waals surface area contributed by atoms with E-state index in [2.05, 4.69) is 0 Å². The SMILES string of the molecule is O=C(O)CCCCC=C(Cl)Cl. The van der Waals surface area contributed by atoms with Gasteiger partial charge in [-0.05, 0) is 19.3 Å². The monoisotopic (exact) mass is 196 g/mol. The third kappa shape index (κ3) is 9.79. The fourth-order valence-electron chi connectivity index (χ4n) is 0.632. The molecule has 0 radical (unpaired) electrons. The van der Waals surface area contributed by atoms with E-state index in [1.54, 1.807) is 6.08 Å². The number of aliphatic carboxylic acids is 1. The van der Waals surface area contributed by atoms with Gasteiger partial charge >= 0.3 is 5.97 Å². The predicted molar refractivity (Wildman–Crippen MR) is 45.9 cm³/mol. The normalized spacial score (nSPS) is 9.27. The molecule has 1 N–H and O–H groups in total. The van der Waals surface area contributed by atoms with Gasteiger partial charge in [0.05, 0.1) is 0 Å². The van der Waals surface area contributed by atoms with Crippen molar-refractivity contribution >= 4 is 29.2 Å². The number of carboxylic acids is 1. The van der Waals surface area contributed by atoms with Crippen LogP contribution in [0.5, 0.6) is 0 Å². The highest BCUT2D eigenvalue weighted by Gasteiger charge is 1.94. The Morgan fingerprint density at radius 1 is 1.36 bits per heavy atom. The summed E-state index contributed by atoms with van der Waals surface area (Å²) in [6.07, 6.45) is 4.12. The lowest BCUT2D eigenvalue weighted by Gasteiger charge is -1.92. The molecule has 0 aliphatic carbocycles. The molecule has 0 saturated heterocycles. The van der Waals surface area contributed by atoms with E-state index in [4.69, 9.17) is 28.3 Å². The summed E-state index contributed by atoms with van der Waals surface area (Å²) in [5.74, 6) is -0.758. The van der Waals surface area contributed by atoms with Crippen molar-refractivity contribution in [3.8, 4) is 0 Å². The first-order valence-electron chi connectivity index (χ1n) is 3.36. The van der Waals surface area contributed by atoms with Crippen LogP contribution in [-0.2, 0) is 4.79 Å². The van der Waals surface area contributed by atoms with Crippen LogP contribution in [0, 0.1) is 0 Å². The Balaban J connectivity index is 3.15. The molecule has 0 fully saturated rings. The first-order chi connectivity index (χ1) is 5.13. The third-order valence-corrected chi connectivity index (χ3v) is 1.45. The summed E-state index contributed by atoms with van der Waals surface area (Å²) in [6.45, 7) is 0. The number of hydrogen-bond donors (Lipinski definition) is 1. The van der Waals surface area contributed by atoms with Gasteiger partial charge in [-0.2, -0.15) is 0 Å². The van der Waals surface area contributed by atoms with Gasteiger partial charge in [-0.3, -0.25) is 4.79 Å². The second-order valence-corrected chi connectivity index (χ2v) is 3.14. The number of carbonyl (C=O) groups is 1. The van der Waals surface area contributed by atoms with Crippen molar-refractivity contribution in [2.24, 2.45) is 0 Å². The van der Waals surface area contributed by atoms with E-state index in [1.807, 2.05) is 0 Å². The summed E-state index contributed by atoms with van der Waals surface area (Å²) in [5.41, 5.74) is 0. The Bertz CT molecular complexity index is 151. The molecule has 0 rings (SSSR count). The van der Waals surface area contributed by atoms with Crippen LogP contribution < -0.4 is 0 Å². The van der Waals surface area contributed by atoms with Gasteiger partial charge in [0.25, 0.3) is 0 Å². The number of allylic oxidation sites excluding steroid dienone is 1. The van der Waals surface area contributed by atoms with Gasteiger partial charge in [-0.15, -0.1) is 0 Å². The van der Waals surface area contributed by atoms with E-state index in [1.165, 1.54) is 0 Å².